The van der Waals surface area contributed by atoms with E-state index in [1.807, 2.05) is 44.3 Å². The molecule has 0 bridgehead atoms. The Kier molecular flexibility index (Phi) is 7.44. The van der Waals surface area contributed by atoms with Crippen molar-refractivity contribution in [1.82, 2.24) is 9.97 Å². The summed E-state index contributed by atoms with van der Waals surface area (Å²) in [7, 11) is 2.00. The van der Waals surface area contributed by atoms with Crippen LogP contribution in [0.1, 0.15) is 59.3 Å². The summed E-state index contributed by atoms with van der Waals surface area (Å²) in [5.41, 5.74) is 4.76. The Morgan fingerprint density at radius 2 is 1.89 bits per heavy atom. The highest BCUT2D eigenvalue weighted by atomic mass is 16.5. The van der Waals surface area contributed by atoms with E-state index in [4.69, 9.17) is 14.8 Å². The minimum atomic E-state index is -0.746. The van der Waals surface area contributed by atoms with Gasteiger partial charge in [0, 0.05) is 36.5 Å². The van der Waals surface area contributed by atoms with Crippen molar-refractivity contribution in [2.45, 2.75) is 45.4 Å². The normalized spacial score (nSPS) is 14.4. The van der Waals surface area contributed by atoms with Crippen LogP contribution in [-0.4, -0.2) is 47.0 Å². The average Bonchev–Trinajstić information content (AvgIpc) is 3.22. The summed E-state index contributed by atoms with van der Waals surface area (Å²) in [6.45, 7) is 4.84. The summed E-state index contributed by atoms with van der Waals surface area (Å²) < 4.78 is 5.98. The number of carboxylic acid groups (broad SMARTS) is 1. The molecule has 1 atom stereocenters. The van der Waals surface area contributed by atoms with E-state index in [9.17, 15) is 9.59 Å². The van der Waals surface area contributed by atoms with Gasteiger partial charge < -0.3 is 14.7 Å². The second-order valence-electron chi connectivity index (χ2n) is 9.14. The maximum atomic E-state index is 11.5. The molecule has 0 spiro atoms. The summed E-state index contributed by atoms with van der Waals surface area (Å²) in [5, 5.41) is 9.09. The fourth-order valence-corrected chi connectivity index (χ4v) is 4.53. The van der Waals surface area contributed by atoms with Gasteiger partial charge in [-0.2, -0.15) is 0 Å². The smallest absolute Gasteiger partial charge is 0.303 e. The monoisotopic (exact) mass is 473 g/mol. The zero-order valence-electron chi connectivity index (χ0n) is 20.5. The van der Waals surface area contributed by atoms with Crippen molar-refractivity contribution < 1.29 is 19.4 Å². The molecule has 0 unspecified atom stereocenters. The third kappa shape index (κ3) is 6.04. The molecule has 3 aromatic rings. The van der Waals surface area contributed by atoms with Gasteiger partial charge in [-0.25, -0.2) is 9.97 Å². The summed E-state index contributed by atoms with van der Waals surface area (Å²) in [6, 6.07) is 15.3. The van der Waals surface area contributed by atoms with Gasteiger partial charge in [0.15, 0.2) is 11.6 Å². The van der Waals surface area contributed by atoms with Crippen molar-refractivity contribution >= 4 is 17.6 Å². The lowest BCUT2D eigenvalue weighted by Gasteiger charge is -2.19. The number of nitrogens with zero attached hydrogens (tertiary/aromatic N) is 3. The number of Topliss-reactive ketones (excluding diaryl/α,β-unsaturated/α-hetero) is 1. The summed E-state index contributed by atoms with van der Waals surface area (Å²) in [4.78, 5) is 34.0. The topological polar surface area (TPSA) is 92.6 Å². The number of hydrogen-bond donors (Lipinski definition) is 1. The zero-order chi connectivity index (χ0) is 24.9. The van der Waals surface area contributed by atoms with E-state index < -0.39 is 5.97 Å². The number of aromatic nitrogens is 2. The lowest BCUT2D eigenvalue weighted by molar-refractivity contribution is -0.137. The fraction of sp³-hybridized carbons (Fsp3) is 0.357. The zero-order valence-corrected chi connectivity index (χ0v) is 20.5. The van der Waals surface area contributed by atoms with E-state index in [0.717, 1.165) is 54.2 Å². The van der Waals surface area contributed by atoms with E-state index in [0.29, 0.717) is 18.0 Å². The first-order chi connectivity index (χ1) is 16.8. The number of aliphatic carboxylic acids is 1. The molecule has 2 aromatic carbocycles. The molecule has 7 nitrogen and oxygen atoms in total. The number of carbonyl (C=O) groups is 2. The first-order valence-electron chi connectivity index (χ1n) is 12.0. The Balaban J connectivity index is 1.32. The van der Waals surface area contributed by atoms with Gasteiger partial charge in [-0.3, -0.25) is 9.59 Å². The van der Waals surface area contributed by atoms with Crippen LogP contribution in [0.3, 0.4) is 0 Å². The van der Waals surface area contributed by atoms with Crippen LogP contribution in [-0.2, 0) is 11.2 Å². The van der Waals surface area contributed by atoms with Crippen LogP contribution >= 0.6 is 0 Å². The fourth-order valence-electron chi connectivity index (χ4n) is 4.53. The van der Waals surface area contributed by atoms with Crippen molar-refractivity contribution in [3.8, 4) is 17.1 Å². The highest BCUT2D eigenvalue weighted by Crippen LogP contribution is 2.37. The molecule has 0 saturated carbocycles. The number of hydrogen-bond acceptors (Lipinski definition) is 6. The van der Waals surface area contributed by atoms with Crippen molar-refractivity contribution in [1.29, 1.82) is 0 Å². The van der Waals surface area contributed by atoms with Crippen LogP contribution in [0.2, 0.25) is 0 Å². The SMILES string of the molecule is CC(=O)c1ccc(-c2nc(C)cc(N(C)CCCOc3ccc4c(c3)CC[C@H]4CC(=O)O)n2)cc1. The second kappa shape index (κ2) is 10.7. The van der Waals surface area contributed by atoms with Crippen molar-refractivity contribution in [2.75, 3.05) is 25.1 Å². The number of anilines is 1. The van der Waals surface area contributed by atoms with Crippen molar-refractivity contribution in [2.24, 2.45) is 0 Å². The van der Waals surface area contributed by atoms with Crippen LogP contribution in [0.25, 0.3) is 11.4 Å². The predicted octanol–water partition coefficient (Wildman–Crippen LogP) is 5.06. The van der Waals surface area contributed by atoms with Crippen LogP contribution < -0.4 is 9.64 Å². The molecule has 7 heteroatoms. The van der Waals surface area contributed by atoms with Gasteiger partial charge >= 0.3 is 5.97 Å². The summed E-state index contributed by atoms with van der Waals surface area (Å²) in [5.74, 6) is 1.70. The minimum Gasteiger partial charge on any atom is -0.494 e. The van der Waals surface area contributed by atoms with Gasteiger partial charge in [0.2, 0.25) is 0 Å². The molecular formula is C28H31N3O4. The number of fused-ring (bicyclic) bond motifs is 1. The number of ether oxygens (including phenoxy) is 1. The minimum absolute atomic E-state index is 0.0339. The average molecular weight is 474 g/mol. The van der Waals surface area contributed by atoms with E-state index in [1.165, 1.54) is 5.56 Å². The first-order valence-corrected chi connectivity index (χ1v) is 12.0. The van der Waals surface area contributed by atoms with Crippen molar-refractivity contribution in [3.05, 3.63) is 70.9 Å². The number of carbonyl (C=O) groups excluding carboxylic acids is 1. The third-order valence-electron chi connectivity index (χ3n) is 6.43. The van der Waals surface area contributed by atoms with E-state index in [2.05, 4.69) is 16.0 Å². The lowest BCUT2D eigenvalue weighted by Crippen LogP contribution is -2.22. The molecule has 0 radical (unpaired) electrons. The Morgan fingerprint density at radius 1 is 1.11 bits per heavy atom. The van der Waals surface area contributed by atoms with Crippen LogP contribution in [0.4, 0.5) is 5.82 Å². The molecule has 4 rings (SSSR count). The van der Waals surface area contributed by atoms with Crippen LogP contribution in [0, 0.1) is 6.92 Å². The quantitative estimate of drug-likeness (QED) is 0.325. The highest BCUT2D eigenvalue weighted by molar-refractivity contribution is 5.94. The number of ketones is 1. The molecule has 0 aliphatic heterocycles. The second-order valence-corrected chi connectivity index (χ2v) is 9.14. The molecule has 182 valence electrons. The van der Waals surface area contributed by atoms with Gasteiger partial charge in [-0.15, -0.1) is 0 Å². The van der Waals surface area contributed by atoms with Crippen molar-refractivity contribution in [3.63, 3.8) is 0 Å². The van der Waals surface area contributed by atoms with E-state index in [1.54, 1.807) is 19.1 Å². The molecule has 0 saturated heterocycles. The number of benzene rings is 2. The first kappa shape index (κ1) is 24.4. The molecule has 35 heavy (non-hydrogen) atoms. The van der Waals surface area contributed by atoms with Crippen LogP contribution in [0.5, 0.6) is 5.75 Å². The molecule has 1 aliphatic rings. The van der Waals surface area contributed by atoms with Gasteiger partial charge in [0.1, 0.15) is 11.6 Å². The highest BCUT2D eigenvalue weighted by Gasteiger charge is 2.24. The van der Waals surface area contributed by atoms with Gasteiger partial charge in [0.05, 0.1) is 13.0 Å². The summed E-state index contributed by atoms with van der Waals surface area (Å²) in [6.07, 6.45) is 2.80. The van der Waals surface area contributed by atoms with E-state index in [-0.39, 0.29) is 18.1 Å². The third-order valence-corrected chi connectivity index (χ3v) is 6.43. The lowest BCUT2D eigenvalue weighted by atomic mass is 9.98. The Bertz CT molecular complexity index is 1220. The molecule has 0 amide bonds. The molecule has 1 aliphatic carbocycles. The van der Waals surface area contributed by atoms with E-state index >= 15 is 0 Å². The molecule has 1 heterocycles. The number of aryl methyl sites for hydroxylation is 2. The maximum Gasteiger partial charge on any atom is 0.303 e. The Morgan fingerprint density at radius 3 is 2.60 bits per heavy atom. The molecular weight excluding hydrogens is 442 g/mol. The van der Waals surface area contributed by atoms with Gasteiger partial charge in [-0.1, -0.05) is 30.3 Å². The Hall–Kier alpha value is -3.74. The van der Waals surface area contributed by atoms with Gasteiger partial charge in [-0.05, 0) is 62.3 Å². The van der Waals surface area contributed by atoms with Gasteiger partial charge in [0.25, 0.3) is 0 Å². The molecule has 0 fully saturated rings. The molecule has 1 N–H and O–H groups in total. The largest absolute Gasteiger partial charge is 0.494 e. The standard InChI is InChI=1S/C28H31N3O4/c1-18-15-26(30-28(29-18)21-7-5-20(6-8-21)19(2)32)31(3)13-4-14-35-24-11-12-25-22(16-24)9-10-23(25)17-27(33)34/h5-8,11-12,15-16,23H,4,9-10,13-14,17H2,1-3H3,(H,33,34)/t23-/m0/s1. The predicted molar refractivity (Wildman–Crippen MR) is 135 cm³/mol. The summed E-state index contributed by atoms with van der Waals surface area (Å²) >= 11 is 0. The van der Waals surface area contributed by atoms with Crippen LogP contribution in [0.15, 0.2) is 48.5 Å². The number of rotatable bonds is 10. The number of carboxylic acids is 1. The molecule has 1 aromatic heterocycles. The Labute approximate surface area is 205 Å². The maximum absolute atomic E-state index is 11.5.